The highest BCUT2D eigenvalue weighted by molar-refractivity contribution is 5.89. The summed E-state index contributed by atoms with van der Waals surface area (Å²) in [6.45, 7) is 4.20. The van der Waals surface area contributed by atoms with Gasteiger partial charge in [-0.1, -0.05) is 48.5 Å². The van der Waals surface area contributed by atoms with Gasteiger partial charge in [-0.2, -0.15) is 0 Å². The molecule has 152 valence electrons. The summed E-state index contributed by atoms with van der Waals surface area (Å²) in [5.74, 6) is -0.342. The van der Waals surface area contributed by atoms with E-state index < -0.39 is 0 Å². The Morgan fingerprint density at radius 1 is 0.571 bits per heavy atom. The van der Waals surface area contributed by atoms with Gasteiger partial charge in [-0.3, -0.25) is 0 Å². The lowest BCUT2D eigenvalue weighted by atomic mass is 10.2. The first-order valence-electron chi connectivity index (χ1n) is 9.43. The highest BCUT2D eigenvalue weighted by Crippen LogP contribution is 2.01. The molecular formula is C22H28O6. The van der Waals surface area contributed by atoms with Crippen LogP contribution in [0.3, 0.4) is 0 Å². The van der Waals surface area contributed by atoms with Gasteiger partial charge < -0.3 is 23.7 Å². The first kappa shape index (κ1) is 22.0. The van der Waals surface area contributed by atoms with Gasteiger partial charge in [0, 0.05) is 0 Å². The molecule has 0 fully saturated rings. The lowest BCUT2D eigenvalue weighted by molar-refractivity contribution is -0.0105. The number of carbonyl (C=O) groups is 1. The second kappa shape index (κ2) is 14.8. The Bertz CT molecular complexity index is 632. The first-order chi connectivity index (χ1) is 13.9. The maximum Gasteiger partial charge on any atom is 0.338 e. The zero-order chi connectivity index (χ0) is 19.7. The number of benzene rings is 2. The van der Waals surface area contributed by atoms with Crippen LogP contribution in [0.25, 0.3) is 0 Å². The fraction of sp³-hybridized carbons (Fsp3) is 0.409. The van der Waals surface area contributed by atoms with Crippen LogP contribution < -0.4 is 0 Å². The van der Waals surface area contributed by atoms with E-state index in [1.165, 1.54) is 0 Å². The predicted octanol–water partition coefficient (Wildman–Crippen LogP) is 3.11. The SMILES string of the molecule is O=C(OCCOCCOCCOCCOCc1ccccc1)c1ccccc1. The summed E-state index contributed by atoms with van der Waals surface area (Å²) in [5, 5.41) is 0. The van der Waals surface area contributed by atoms with Crippen LogP contribution in [0.4, 0.5) is 0 Å². The van der Waals surface area contributed by atoms with E-state index in [0.29, 0.717) is 58.4 Å². The topological polar surface area (TPSA) is 63.2 Å². The average Bonchev–Trinajstić information content (AvgIpc) is 2.75. The standard InChI is InChI=1S/C22H28O6/c23-22(21-9-5-2-6-10-21)28-18-17-26-14-13-24-11-12-25-15-16-27-19-20-7-3-1-4-8-20/h1-10H,11-19H2. The van der Waals surface area contributed by atoms with E-state index in [2.05, 4.69) is 0 Å². The molecule has 0 amide bonds. The summed E-state index contributed by atoms with van der Waals surface area (Å²) in [5.41, 5.74) is 1.69. The van der Waals surface area contributed by atoms with Gasteiger partial charge in [-0.05, 0) is 17.7 Å². The summed E-state index contributed by atoms with van der Waals surface area (Å²) in [7, 11) is 0. The van der Waals surface area contributed by atoms with Crippen LogP contribution in [-0.4, -0.2) is 58.8 Å². The van der Waals surface area contributed by atoms with Crippen LogP contribution in [0.2, 0.25) is 0 Å². The third-order valence-corrected chi connectivity index (χ3v) is 3.70. The van der Waals surface area contributed by atoms with E-state index in [9.17, 15) is 4.79 Å². The van der Waals surface area contributed by atoms with Crippen LogP contribution >= 0.6 is 0 Å². The molecular weight excluding hydrogens is 360 g/mol. The highest BCUT2D eigenvalue weighted by atomic mass is 16.6. The van der Waals surface area contributed by atoms with Gasteiger partial charge in [0.25, 0.3) is 0 Å². The smallest absolute Gasteiger partial charge is 0.338 e. The van der Waals surface area contributed by atoms with E-state index >= 15 is 0 Å². The zero-order valence-corrected chi connectivity index (χ0v) is 16.1. The summed E-state index contributed by atoms with van der Waals surface area (Å²) in [6, 6.07) is 18.9. The molecule has 6 heteroatoms. The molecule has 0 aliphatic heterocycles. The highest BCUT2D eigenvalue weighted by Gasteiger charge is 2.04. The van der Waals surface area contributed by atoms with Gasteiger partial charge >= 0.3 is 5.97 Å². The quantitative estimate of drug-likeness (QED) is 0.345. The molecule has 0 N–H and O–H groups in total. The van der Waals surface area contributed by atoms with Gasteiger partial charge in [0.15, 0.2) is 0 Å². The summed E-state index contributed by atoms with van der Waals surface area (Å²) >= 11 is 0. The number of esters is 1. The Hall–Kier alpha value is -2.25. The van der Waals surface area contributed by atoms with Crippen LogP contribution in [-0.2, 0) is 30.3 Å². The van der Waals surface area contributed by atoms with Crippen molar-refractivity contribution in [3.63, 3.8) is 0 Å². The van der Waals surface area contributed by atoms with Crippen LogP contribution in [0.1, 0.15) is 15.9 Å². The fourth-order valence-electron chi connectivity index (χ4n) is 2.27. The molecule has 2 aromatic rings. The van der Waals surface area contributed by atoms with Gasteiger partial charge in [0.2, 0.25) is 0 Å². The minimum absolute atomic E-state index is 0.222. The van der Waals surface area contributed by atoms with Gasteiger partial charge in [-0.15, -0.1) is 0 Å². The summed E-state index contributed by atoms with van der Waals surface area (Å²) in [6.07, 6.45) is 0. The monoisotopic (exact) mass is 388 g/mol. The van der Waals surface area contributed by atoms with Crippen molar-refractivity contribution in [2.45, 2.75) is 6.61 Å². The second-order valence-corrected chi connectivity index (χ2v) is 5.88. The zero-order valence-electron chi connectivity index (χ0n) is 16.1. The molecule has 0 saturated heterocycles. The maximum atomic E-state index is 11.7. The normalized spacial score (nSPS) is 10.7. The van der Waals surface area contributed by atoms with Crippen LogP contribution in [0.5, 0.6) is 0 Å². The molecule has 28 heavy (non-hydrogen) atoms. The summed E-state index contributed by atoms with van der Waals surface area (Å²) < 4.78 is 26.8. The Labute approximate surface area is 166 Å². The Balaban J connectivity index is 1.30. The minimum atomic E-state index is -0.342. The number of carbonyl (C=O) groups excluding carboxylic acids is 1. The lowest BCUT2D eigenvalue weighted by Crippen LogP contribution is -2.14. The molecule has 0 atom stereocenters. The number of rotatable bonds is 15. The van der Waals surface area contributed by atoms with E-state index in [1.807, 2.05) is 36.4 Å². The third-order valence-electron chi connectivity index (χ3n) is 3.70. The molecule has 0 aliphatic carbocycles. The summed E-state index contributed by atoms with van der Waals surface area (Å²) in [4.78, 5) is 11.7. The van der Waals surface area contributed by atoms with Crippen molar-refractivity contribution < 1.29 is 28.5 Å². The molecule has 0 radical (unpaired) electrons. The van der Waals surface area contributed by atoms with Crippen molar-refractivity contribution >= 4 is 5.97 Å². The van der Waals surface area contributed by atoms with E-state index in [1.54, 1.807) is 24.3 Å². The fourth-order valence-corrected chi connectivity index (χ4v) is 2.27. The molecule has 0 aliphatic rings. The molecule has 0 heterocycles. The second-order valence-electron chi connectivity index (χ2n) is 5.88. The van der Waals surface area contributed by atoms with Crippen molar-refractivity contribution in [2.24, 2.45) is 0 Å². The molecule has 0 unspecified atom stereocenters. The van der Waals surface area contributed by atoms with Gasteiger partial charge in [0.05, 0.1) is 58.4 Å². The minimum Gasteiger partial charge on any atom is -0.460 e. The number of ether oxygens (including phenoxy) is 5. The average molecular weight is 388 g/mol. The van der Waals surface area contributed by atoms with Crippen LogP contribution in [0.15, 0.2) is 60.7 Å². The molecule has 0 aromatic heterocycles. The lowest BCUT2D eigenvalue weighted by Gasteiger charge is -2.08. The maximum absolute atomic E-state index is 11.7. The largest absolute Gasteiger partial charge is 0.460 e. The van der Waals surface area contributed by atoms with E-state index in [-0.39, 0.29) is 12.6 Å². The van der Waals surface area contributed by atoms with Gasteiger partial charge in [-0.25, -0.2) is 4.79 Å². The van der Waals surface area contributed by atoms with E-state index in [4.69, 9.17) is 23.7 Å². The van der Waals surface area contributed by atoms with Crippen molar-refractivity contribution in [1.29, 1.82) is 0 Å². The van der Waals surface area contributed by atoms with Crippen molar-refractivity contribution in [1.82, 2.24) is 0 Å². The van der Waals surface area contributed by atoms with Crippen molar-refractivity contribution in [2.75, 3.05) is 52.9 Å². The Morgan fingerprint density at radius 3 is 1.61 bits per heavy atom. The molecule has 0 spiro atoms. The van der Waals surface area contributed by atoms with Crippen molar-refractivity contribution in [3.05, 3.63) is 71.8 Å². The van der Waals surface area contributed by atoms with E-state index in [0.717, 1.165) is 5.56 Å². The molecule has 0 bridgehead atoms. The predicted molar refractivity (Wildman–Crippen MR) is 105 cm³/mol. The Kier molecular flexibility index (Phi) is 11.6. The Morgan fingerprint density at radius 2 is 1.04 bits per heavy atom. The number of hydrogen-bond acceptors (Lipinski definition) is 6. The molecule has 2 rings (SSSR count). The van der Waals surface area contributed by atoms with Crippen molar-refractivity contribution in [3.8, 4) is 0 Å². The molecule has 0 saturated carbocycles. The van der Waals surface area contributed by atoms with Gasteiger partial charge in [0.1, 0.15) is 6.61 Å². The first-order valence-corrected chi connectivity index (χ1v) is 9.43. The molecule has 2 aromatic carbocycles. The number of hydrogen-bond donors (Lipinski definition) is 0. The van der Waals surface area contributed by atoms with Crippen LogP contribution in [0, 0.1) is 0 Å². The molecule has 6 nitrogen and oxygen atoms in total. The third kappa shape index (κ3) is 10.2.